The first-order chi connectivity index (χ1) is 11.8. The van der Waals surface area contributed by atoms with Crippen LogP contribution in [0.1, 0.15) is 12.1 Å². The summed E-state index contributed by atoms with van der Waals surface area (Å²) in [6.07, 6.45) is -5.29. The molecule has 0 fully saturated rings. The molecule has 0 aliphatic carbocycles. The summed E-state index contributed by atoms with van der Waals surface area (Å²) in [7, 11) is 1.20. The second-order valence-electron chi connectivity index (χ2n) is 5.30. The summed E-state index contributed by atoms with van der Waals surface area (Å²) < 4.78 is 41.9. The standard InChI is InChI=1S/C16H16ClF3N2O2S/c1-24-14(23)9-22(7-6-16(18,19)20)8-13-10-25-15(21-13)11-2-4-12(17)5-3-11/h2-5,10H,6-9H2,1H3. The summed E-state index contributed by atoms with van der Waals surface area (Å²) in [6.45, 7) is -0.387. The molecule has 1 heterocycles. The van der Waals surface area contributed by atoms with Crippen molar-refractivity contribution in [1.82, 2.24) is 9.88 Å². The largest absolute Gasteiger partial charge is 0.468 e. The van der Waals surface area contributed by atoms with Crippen LogP contribution >= 0.6 is 22.9 Å². The van der Waals surface area contributed by atoms with E-state index in [4.69, 9.17) is 11.6 Å². The number of hydrogen-bond donors (Lipinski definition) is 0. The predicted octanol–water partition coefficient (Wildman–Crippen LogP) is 4.39. The summed E-state index contributed by atoms with van der Waals surface area (Å²) in [6, 6.07) is 7.12. The Morgan fingerprint density at radius 2 is 2.00 bits per heavy atom. The minimum atomic E-state index is -4.29. The van der Waals surface area contributed by atoms with E-state index >= 15 is 0 Å². The third-order valence-corrected chi connectivity index (χ3v) is 4.51. The first-order valence-electron chi connectivity index (χ1n) is 7.33. The fourth-order valence-corrected chi connectivity index (χ4v) is 3.02. The van der Waals surface area contributed by atoms with Gasteiger partial charge in [-0.25, -0.2) is 4.98 Å². The summed E-state index contributed by atoms with van der Waals surface area (Å²) in [5, 5.41) is 3.11. The smallest absolute Gasteiger partial charge is 0.390 e. The van der Waals surface area contributed by atoms with E-state index in [-0.39, 0.29) is 19.6 Å². The molecule has 25 heavy (non-hydrogen) atoms. The van der Waals surface area contributed by atoms with Crippen molar-refractivity contribution in [1.29, 1.82) is 0 Å². The highest BCUT2D eigenvalue weighted by molar-refractivity contribution is 7.13. The van der Waals surface area contributed by atoms with E-state index in [0.717, 1.165) is 10.6 Å². The molecule has 1 aromatic carbocycles. The molecule has 0 unspecified atom stereocenters. The van der Waals surface area contributed by atoms with E-state index in [1.807, 2.05) is 12.1 Å². The highest BCUT2D eigenvalue weighted by Crippen LogP contribution is 2.26. The van der Waals surface area contributed by atoms with Gasteiger partial charge in [-0.15, -0.1) is 11.3 Å². The molecule has 0 aliphatic rings. The van der Waals surface area contributed by atoms with Crippen molar-refractivity contribution in [2.24, 2.45) is 0 Å². The summed E-state index contributed by atoms with van der Waals surface area (Å²) in [5.74, 6) is -0.588. The number of alkyl halides is 3. The highest BCUT2D eigenvalue weighted by Gasteiger charge is 2.28. The van der Waals surface area contributed by atoms with Crippen LogP contribution in [0.25, 0.3) is 10.6 Å². The van der Waals surface area contributed by atoms with Crippen molar-refractivity contribution in [2.75, 3.05) is 20.2 Å². The number of hydrogen-bond acceptors (Lipinski definition) is 5. The fraction of sp³-hybridized carbons (Fsp3) is 0.375. The quantitative estimate of drug-likeness (QED) is 0.655. The van der Waals surface area contributed by atoms with Crippen molar-refractivity contribution >= 4 is 28.9 Å². The molecule has 0 amide bonds. The van der Waals surface area contributed by atoms with Crippen LogP contribution in [0.5, 0.6) is 0 Å². The molecule has 0 atom stereocenters. The zero-order valence-corrected chi connectivity index (χ0v) is 14.9. The van der Waals surface area contributed by atoms with Gasteiger partial charge in [0.1, 0.15) is 5.01 Å². The number of carbonyl (C=O) groups excluding carboxylic acids is 1. The van der Waals surface area contributed by atoms with Gasteiger partial charge >= 0.3 is 12.1 Å². The molecule has 0 aliphatic heterocycles. The van der Waals surface area contributed by atoms with E-state index in [1.165, 1.54) is 23.3 Å². The number of ether oxygens (including phenoxy) is 1. The Balaban J connectivity index is 2.07. The van der Waals surface area contributed by atoms with Crippen molar-refractivity contribution in [2.45, 2.75) is 19.1 Å². The fourth-order valence-electron chi connectivity index (χ4n) is 2.08. The maximum absolute atomic E-state index is 12.5. The van der Waals surface area contributed by atoms with Gasteiger partial charge in [0.15, 0.2) is 0 Å². The zero-order chi connectivity index (χ0) is 18.4. The monoisotopic (exact) mass is 392 g/mol. The van der Waals surface area contributed by atoms with Crippen LogP contribution in [0.3, 0.4) is 0 Å². The molecular weight excluding hydrogens is 377 g/mol. The van der Waals surface area contributed by atoms with Gasteiger partial charge in [-0.05, 0) is 12.1 Å². The number of benzene rings is 1. The van der Waals surface area contributed by atoms with Gasteiger partial charge in [0.2, 0.25) is 0 Å². The minimum Gasteiger partial charge on any atom is -0.468 e. The number of nitrogens with zero attached hydrogens (tertiary/aromatic N) is 2. The van der Waals surface area contributed by atoms with E-state index in [2.05, 4.69) is 9.72 Å². The maximum atomic E-state index is 12.5. The third-order valence-electron chi connectivity index (χ3n) is 3.32. The molecule has 0 bridgehead atoms. The van der Waals surface area contributed by atoms with E-state index in [9.17, 15) is 18.0 Å². The molecular formula is C16H16ClF3N2O2S. The van der Waals surface area contributed by atoms with Gasteiger partial charge in [-0.3, -0.25) is 9.69 Å². The van der Waals surface area contributed by atoms with Gasteiger partial charge in [0, 0.05) is 29.1 Å². The topological polar surface area (TPSA) is 42.4 Å². The van der Waals surface area contributed by atoms with Crippen LogP contribution in [0.15, 0.2) is 29.6 Å². The van der Waals surface area contributed by atoms with Crippen LogP contribution in [0, 0.1) is 0 Å². The minimum absolute atomic E-state index is 0.134. The normalized spacial score (nSPS) is 11.8. The molecule has 0 radical (unpaired) electrons. The molecule has 0 saturated carbocycles. The van der Waals surface area contributed by atoms with Crippen LogP contribution in [-0.2, 0) is 16.1 Å². The summed E-state index contributed by atoms with van der Waals surface area (Å²) in [4.78, 5) is 17.2. The first-order valence-corrected chi connectivity index (χ1v) is 8.59. The van der Waals surface area contributed by atoms with Gasteiger partial charge < -0.3 is 4.74 Å². The van der Waals surface area contributed by atoms with Crippen LogP contribution in [0.4, 0.5) is 13.2 Å². The highest BCUT2D eigenvalue weighted by atomic mass is 35.5. The number of thiazole rings is 1. The molecule has 4 nitrogen and oxygen atoms in total. The average Bonchev–Trinajstić information content (AvgIpc) is 3.01. The molecule has 2 aromatic rings. The molecule has 0 saturated heterocycles. The van der Waals surface area contributed by atoms with Gasteiger partial charge in [0.25, 0.3) is 0 Å². The summed E-state index contributed by atoms with van der Waals surface area (Å²) >= 11 is 7.23. The number of aromatic nitrogens is 1. The lowest BCUT2D eigenvalue weighted by Crippen LogP contribution is -2.33. The number of carbonyl (C=O) groups is 1. The Morgan fingerprint density at radius 1 is 1.32 bits per heavy atom. The number of esters is 1. The van der Waals surface area contributed by atoms with Crippen molar-refractivity contribution in [3.63, 3.8) is 0 Å². The van der Waals surface area contributed by atoms with Crippen molar-refractivity contribution < 1.29 is 22.7 Å². The lowest BCUT2D eigenvalue weighted by atomic mass is 10.2. The molecule has 9 heteroatoms. The lowest BCUT2D eigenvalue weighted by Gasteiger charge is -2.20. The first kappa shape index (κ1) is 19.7. The molecule has 136 valence electrons. The molecule has 0 spiro atoms. The summed E-state index contributed by atoms with van der Waals surface area (Å²) in [5.41, 5.74) is 1.47. The van der Waals surface area contributed by atoms with Gasteiger partial charge in [0.05, 0.1) is 25.8 Å². The second-order valence-corrected chi connectivity index (χ2v) is 6.60. The SMILES string of the molecule is COC(=O)CN(CCC(F)(F)F)Cc1csc(-c2ccc(Cl)cc2)n1. The Labute approximate surface area is 152 Å². The van der Waals surface area contributed by atoms with E-state index in [0.29, 0.717) is 10.7 Å². The number of methoxy groups -OCH3 is 1. The second kappa shape index (κ2) is 8.64. The van der Waals surface area contributed by atoms with Crippen LogP contribution in [0.2, 0.25) is 5.02 Å². The Kier molecular flexibility index (Phi) is 6.80. The van der Waals surface area contributed by atoms with Gasteiger partial charge in [-0.1, -0.05) is 23.7 Å². The number of rotatable bonds is 7. The molecule has 1 aromatic heterocycles. The predicted molar refractivity (Wildman–Crippen MR) is 90.5 cm³/mol. The van der Waals surface area contributed by atoms with Gasteiger partial charge in [-0.2, -0.15) is 13.2 Å². The van der Waals surface area contributed by atoms with Crippen LogP contribution in [-0.4, -0.2) is 42.2 Å². The zero-order valence-electron chi connectivity index (χ0n) is 13.3. The van der Waals surface area contributed by atoms with E-state index < -0.39 is 18.6 Å². The average molecular weight is 393 g/mol. The Bertz CT molecular complexity index is 704. The number of halogens is 4. The van der Waals surface area contributed by atoms with E-state index in [1.54, 1.807) is 17.5 Å². The van der Waals surface area contributed by atoms with Crippen LogP contribution < -0.4 is 0 Å². The third kappa shape index (κ3) is 6.64. The molecule has 0 N–H and O–H groups in total. The maximum Gasteiger partial charge on any atom is 0.390 e. The molecule has 2 rings (SSSR count). The van der Waals surface area contributed by atoms with Crippen molar-refractivity contribution in [3.8, 4) is 10.6 Å². The van der Waals surface area contributed by atoms with Crippen molar-refractivity contribution in [3.05, 3.63) is 40.4 Å². The lowest BCUT2D eigenvalue weighted by molar-refractivity contribution is -0.147. The Hall–Kier alpha value is -1.64. The Morgan fingerprint density at radius 3 is 2.60 bits per heavy atom.